The summed E-state index contributed by atoms with van der Waals surface area (Å²) in [5.41, 5.74) is 0. The van der Waals surface area contributed by atoms with Crippen molar-refractivity contribution >= 4 is 0 Å². The molecular weight excluding hydrogens is 108 g/mol. The normalized spacial score (nSPS) is 38.2. The smallest absolute Gasteiger partial charge is 0.0832 e. The number of ether oxygens (including phenoxy) is 1. The Labute approximate surface area is 47.9 Å². The average molecular weight is 118 g/mol. The molecule has 0 bridgehead atoms. The predicted octanol–water partition coefficient (Wildman–Crippen LogP) is -0.872. The van der Waals surface area contributed by atoms with Gasteiger partial charge >= 0.3 is 0 Å². The largest absolute Gasteiger partial charge is 0.394 e. The summed E-state index contributed by atoms with van der Waals surface area (Å²) >= 11 is 0. The van der Waals surface area contributed by atoms with Crippen molar-refractivity contribution in [2.45, 2.75) is 18.6 Å². The van der Waals surface area contributed by atoms with Gasteiger partial charge in [0.1, 0.15) is 0 Å². The van der Waals surface area contributed by atoms with Gasteiger partial charge in [-0.2, -0.15) is 0 Å². The molecule has 1 heterocycles. The van der Waals surface area contributed by atoms with Crippen LogP contribution in [-0.2, 0) is 4.74 Å². The minimum atomic E-state index is -0.354. The molecule has 3 nitrogen and oxygen atoms in total. The Morgan fingerprint density at radius 3 is 2.62 bits per heavy atom. The third kappa shape index (κ3) is 1.18. The first kappa shape index (κ1) is 6.01. The number of hydrogen-bond acceptors (Lipinski definition) is 3. The summed E-state index contributed by atoms with van der Waals surface area (Å²) in [6, 6.07) is 0. The Bertz CT molecular complexity index is 74.1. The molecule has 1 rings (SSSR count). The number of hydrogen-bond donors (Lipinski definition) is 2. The predicted molar refractivity (Wildman–Crippen MR) is 27.4 cm³/mol. The lowest BCUT2D eigenvalue weighted by atomic mass is 10.2. The molecule has 2 atom stereocenters. The summed E-state index contributed by atoms with van der Waals surface area (Å²) in [5, 5.41) is 17.2. The Morgan fingerprint density at radius 1 is 1.62 bits per heavy atom. The summed E-state index contributed by atoms with van der Waals surface area (Å²) in [6.45, 7) is 0.405. The van der Waals surface area contributed by atoms with Gasteiger partial charge in [-0.1, -0.05) is 0 Å². The zero-order valence-corrected chi connectivity index (χ0v) is 4.58. The third-order valence-electron chi connectivity index (χ3n) is 1.26. The molecule has 8 heavy (non-hydrogen) atoms. The van der Waals surface area contributed by atoms with E-state index in [0.717, 1.165) is 0 Å². The van der Waals surface area contributed by atoms with Crippen LogP contribution < -0.4 is 0 Å². The van der Waals surface area contributed by atoms with E-state index >= 15 is 0 Å². The fraction of sp³-hybridized carbons (Fsp3) is 1.00. The van der Waals surface area contributed by atoms with Crippen LogP contribution in [0, 0.1) is 0 Å². The Morgan fingerprint density at radius 2 is 2.38 bits per heavy atom. The van der Waals surface area contributed by atoms with Gasteiger partial charge in [-0.05, 0) is 0 Å². The van der Waals surface area contributed by atoms with Crippen LogP contribution in [0.15, 0.2) is 0 Å². The van der Waals surface area contributed by atoms with E-state index < -0.39 is 0 Å². The molecular formula is C5H10O3. The molecule has 0 unspecified atom stereocenters. The standard InChI is InChI=1S/C5H10O3/c6-2-5-1-4(7)3-8-5/h4-7H,1-3H2/t4-,5-/m1/s1. The van der Waals surface area contributed by atoms with Crippen molar-refractivity contribution in [3.05, 3.63) is 0 Å². The first-order valence-corrected chi connectivity index (χ1v) is 2.73. The summed E-state index contributed by atoms with van der Waals surface area (Å²) in [5.74, 6) is 0. The lowest BCUT2D eigenvalue weighted by Crippen LogP contribution is -2.10. The van der Waals surface area contributed by atoms with Crippen molar-refractivity contribution < 1.29 is 14.9 Å². The number of aliphatic hydroxyl groups excluding tert-OH is 2. The Hall–Kier alpha value is -0.120. The van der Waals surface area contributed by atoms with Crippen molar-refractivity contribution in [2.75, 3.05) is 13.2 Å². The Balaban J connectivity index is 2.22. The SMILES string of the molecule is OC[C@H]1C[C@@H](O)CO1. The highest BCUT2D eigenvalue weighted by Gasteiger charge is 2.21. The molecule has 1 saturated heterocycles. The molecule has 0 aromatic rings. The maximum atomic E-state index is 8.79. The van der Waals surface area contributed by atoms with Gasteiger partial charge in [0.05, 0.1) is 25.4 Å². The van der Waals surface area contributed by atoms with Crippen molar-refractivity contribution in [1.29, 1.82) is 0 Å². The van der Waals surface area contributed by atoms with Crippen LogP contribution in [0.25, 0.3) is 0 Å². The summed E-state index contributed by atoms with van der Waals surface area (Å²) < 4.78 is 4.91. The van der Waals surface area contributed by atoms with Crippen molar-refractivity contribution in [3.63, 3.8) is 0 Å². The van der Waals surface area contributed by atoms with Gasteiger partial charge in [-0.25, -0.2) is 0 Å². The topological polar surface area (TPSA) is 49.7 Å². The zero-order valence-electron chi connectivity index (χ0n) is 4.58. The molecule has 1 aliphatic heterocycles. The van der Waals surface area contributed by atoms with Crippen LogP contribution >= 0.6 is 0 Å². The van der Waals surface area contributed by atoms with E-state index in [0.29, 0.717) is 13.0 Å². The zero-order chi connectivity index (χ0) is 5.98. The van der Waals surface area contributed by atoms with Gasteiger partial charge in [0.2, 0.25) is 0 Å². The molecule has 0 amide bonds. The average Bonchev–Trinajstić information content (AvgIpc) is 2.14. The van der Waals surface area contributed by atoms with Crippen molar-refractivity contribution in [1.82, 2.24) is 0 Å². The van der Waals surface area contributed by atoms with Crippen LogP contribution in [0.3, 0.4) is 0 Å². The maximum Gasteiger partial charge on any atom is 0.0832 e. The van der Waals surface area contributed by atoms with Gasteiger partial charge in [0.25, 0.3) is 0 Å². The van der Waals surface area contributed by atoms with Crippen LogP contribution in [0.2, 0.25) is 0 Å². The summed E-state index contributed by atoms with van der Waals surface area (Å²) in [4.78, 5) is 0. The fourth-order valence-electron chi connectivity index (χ4n) is 0.814. The van der Waals surface area contributed by atoms with E-state index in [4.69, 9.17) is 14.9 Å². The second-order valence-electron chi connectivity index (χ2n) is 2.03. The van der Waals surface area contributed by atoms with E-state index in [1.807, 2.05) is 0 Å². The second-order valence-corrected chi connectivity index (χ2v) is 2.03. The van der Waals surface area contributed by atoms with Gasteiger partial charge < -0.3 is 14.9 Å². The molecule has 1 aliphatic rings. The summed E-state index contributed by atoms with van der Waals surface area (Å²) in [7, 11) is 0. The molecule has 0 aliphatic carbocycles. The Kier molecular flexibility index (Phi) is 1.83. The van der Waals surface area contributed by atoms with E-state index in [1.54, 1.807) is 0 Å². The molecule has 48 valence electrons. The highest BCUT2D eigenvalue weighted by molar-refractivity contribution is 4.70. The lowest BCUT2D eigenvalue weighted by molar-refractivity contribution is 0.0516. The molecule has 3 heteroatoms. The van der Waals surface area contributed by atoms with Crippen molar-refractivity contribution in [2.24, 2.45) is 0 Å². The molecule has 1 fully saturated rings. The van der Waals surface area contributed by atoms with E-state index in [1.165, 1.54) is 0 Å². The maximum absolute atomic E-state index is 8.79. The lowest BCUT2D eigenvalue weighted by Gasteiger charge is -2.00. The minimum Gasteiger partial charge on any atom is -0.394 e. The molecule has 0 spiro atoms. The van der Waals surface area contributed by atoms with Crippen LogP contribution in [-0.4, -0.2) is 35.6 Å². The second kappa shape index (κ2) is 2.44. The van der Waals surface area contributed by atoms with E-state index in [-0.39, 0.29) is 18.8 Å². The first-order valence-electron chi connectivity index (χ1n) is 2.73. The highest BCUT2D eigenvalue weighted by Crippen LogP contribution is 2.11. The molecule has 0 saturated carbocycles. The quantitative estimate of drug-likeness (QED) is 0.470. The van der Waals surface area contributed by atoms with Gasteiger partial charge in [0, 0.05) is 6.42 Å². The third-order valence-corrected chi connectivity index (χ3v) is 1.26. The molecule has 0 aromatic carbocycles. The summed E-state index contributed by atoms with van der Waals surface area (Å²) in [6.07, 6.45) is 0.105. The van der Waals surface area contributed by atoms with Crippen LogP contribution in [0.1, 0.15) is 6.42 Å². The van der Waals surface area contributed by atoms with Gasteiger partial charge in [-0.3, -0.25) is 0 Å². The van der Waals surface area contributed by atoms with Crippen LogP contribution in [0.5, 0.6) is 0 Å². The monoisotopic (exact) mass is 118 g/mol. The van der Waals surface area contributed by atoms with Crippen molar-refractivity contribution in [3.8, 4) is 0 Å². The van der Waals surface area contributed by atoms with Gasteiger partial charge in [0.15, 0.2) is 0 Å². The molecule has 0 aromatic heterocycles. The van der Waals surface area contributed by atoms with E-state index in [2.05, 4.69) is 0 Å². The minimum absolute atomic E-state index is 0.0249. The highest BCUT2D eigenvalue weighted by atomic mass is 16.5. The first-order chi connectivity index (χ1) is 3.83. The number of rotatable bonds is 1. The molecule has 0 radical (unpaired) electrons. The van der Waals surface area contributed by atoms with E-state index in [9.17, 15) is 0 Å². The molecule has 2 N–H and O–H groups in total. The number of aliphatic hydroxyl groups is 2. The van der Waals surface area contributed by atoms with Gasteiger partial charge in [-0.15, -0.1) is 0 Å². The van der Waals surface area contributed by atoms with Crippen LogP contribution in [0.4, 0.5) is 0 Å². The fourth-order valence-corrected chi connectivity index (χ4v) is 0.814.